The quantitative estimate of drug-likeness (QED) is 0.421. The molecule has 0 amide bonds. The third-order valence-corrected chi connectivity index (χ3v) is 2.25. The lowest BCUT2D eigenvalue weighted by Gasteiger charge is -2.04. The van der Waals surface area contributed by atoms with Gasteiger partial charge in [0.25, 0.3) is 0 Å². The smallest absolute Gasteiger partial charge is 0.308 e. The average molecular weight is 222 g/mol. The van der Waals surface area contributed by atoms with Crippen LogP contribution in [0.25, 0.3) is 0 Å². The van der Waals surface area contributed by atoms with Crippen LogP contribution in [0.5, 0.6) is 5.75 Å². The van der Waals surface area contributed by atoms with E-state index in [1.807, 2.05) is 24.3 Å². The molecule has 0 radical (unpaired) electrons. The maximum atomic E-state index is 10.7. The predicted octanol–water partition coefficient (Wildman–Crippen LogP) is 2.58. The number of esters is 1. The topological polar surface area (TPSA) is 35.5 Å². The number of rotatable bonds is 6. The predicted molar refractivity (Wildman–Crippen MR) is 62.6 cm³/mol. The highest BCUT2D eigenvalue weighted by Gasteiger charge is 1.98. The minimum Gasteiger partial charge on any atom is -0.427 e. The van der Waals surface area contributed by atoms with Gasteiger partial charge < -0.3 is 9.47 Å². The van der Waals surface area contributed by atoms with Crippen molar-refractivity contribution >= 4 is 5.97 Å². The summed E-state index contributed by atoms with van der Waals surface area (Å²) in [6, 6.07) is 7.64. The van der Waals surface area contributed by atoms with E-state index < -0.39 is 0 Å². The zero-order valence-electron chi connectivity index (χ0n) is 9.86. The Morgan fingerprint density at radius 1 is 1.19 bits per heavy atom. The van der Waals surface area contributed by atoms with Crippen molar-refractivity contribution in [2.24, 2.45) is 0 Å². The molecule has 3 nitrogen and oxygen atoms in total. The van der Waals surface area contributed by atoms with Crippen LogP contribution in [0.4, 0.5) is 0 Å². The molecular weight excluding hydrogens is 204 g/mol. The SMILES string of the molecule is COCCCCc1ccc(OC(C)=O)cc1. The molecule has 0 saturated heterocycles. The molecule has 3 heteroatoms. The number of aryl methyl sites for hydroxylation is 1. The molecule has 1 aromatic rings. The maximum absolute atomic E-state index is 10.7. The second-order valence-corrected chi connectivity index (χ2v) is 3.69. The normalized spacial score (nSPS) is 10.1. The number of carbonyl (C=O) groups excluding carboxylic acids is 1. The van der Waals surface area contributed by atoms with E-state index >= 15 is 0 Å². The number of ether oxygens (including phenoxy) is 2. The molecule has 0 aliphatic rings. The summed E-state index contributed by atoms with van der Waals surface area (Å²) < 4.78 is 9.94. The number of benzene rings is 1. The molecule has 0 heterocycles. The first-order valence-electron chi connectivity index (χ1n) is 5.48. The second-order valence-electron chi connectivity index (χ2n) is 3.69. The molecule has 0 aliphatic heterocycles. The molecule has 0 aliphatic carbocycles. The van der Waals surface area contributed by atoms with Gasteiger partial charge in [0.1, 0.15) is 5.75 Å². The Hall–Kier alpha value is -1.35. The lowest BCUT2D eigenvalue weighted by Crippen LogP contribution is -2.01. The van der Waals surface area contributed by atoms with Gasteiger partial charge in [-0.3, -0.25) is 4.79 Å². The molecule has 0 fully saturated rings. The molecule has 1 rings (SSSR count). The van der Waals surface area contributed by atoms with Crippen LogP contribution < -0.4 is 4.74 Å². The number of hydrogen-bond acceptors (Lipinski definition) is 3. The number of unbranched alkanes of at least 4 members (excludes halogenated alkanes) is 1. The van der Waals surface area contributed by atoms with Gasteiger partial charge in [-0.25, -0.2) is 0 Å². The fourth-order valence-electron chi connectivity index (χ4n) is 1.47. The van der Waals surface area contributed by atoms with Crippen LogP contribution in [0.15, 0.2) is 24.3 Å². The Bertz CT molecular complexity index is 316. The van der Waals surface area contributed by atoms with Gasteiger partial charge in [0, 0.05) is 20.6 Å². The summed E-state index contributed by atoms with van der Waals surface area (Å²) in [6.45, 7) is 2.21. The van der Waals surface area contributed by atoms with Gasteiger partial charge in [0.15, 0.2) is 0 Å². The van der Waals surface area contributed by atoms with E-state index in [-0.39, 0.29) is 5.97 Å². The fraction of sp³-hybridized carbons (Fsp3) is 0.462. The zero-order valence-corrected chi connectivity index (χ0v) is 9.86. The van der Waals surface area contributed by atoms with Crippen LogP contribution in [-0.2, 0) is 16.0 Å². The van der Waals surface area contributed by atoms with Gasteiger partial charge in [0.2, 0.25) is 0 Å². The first-order chi connectivity index (χ1) is 7.72. The molecule has 0 saturated carbocycles. The van der Waals surface area contributed by atoms with Crippen LogP contribution in [0.1, 0.15) is 25.3 Å². The van der Waals surface area contributed by atoms with Gasteiger partial charge in [-0.05, 0) is 37.0 Å². The van der Waals surface area contributed by atoms with E-state index in [9.17, 15) is 4.79 Å². The monoisotopic (exact) mass is 222 g/mol. The van der Waals surface area contributed by atoms with Crippen LogP contribution in [0.2, 0.25) is 0 Å². The highest BCUT2D eigenvalue weighted by Crippen LogP contribution is 2.14. The third-order valence-electron chi connectivity index (χ3n) is 2.25. The van der Waals surface area contributed by atoms with E-state index in [0.717, 1.165) is 25.9 Å². The molecule has 0 unspecified atom stereocenters. The standard InChI is InChI=1S/C13H18O3/c1-11(14)16-13-8-6-12(7-9-13)5-3-4-10-15-2/h6-9H,3-5,10H2,1-2H3. The lowest BCUT2D eigenvalue weighted by atomic mass is 10.1. The summed E-state index contributed by atoms with van der Waals surface area (Å²) in [4.78, 5) is 10.7. The number of hydrogen-bond donors (Lipinski definition) is 0. The highest BCUT2D eigenvalue weighted by atomic mass is 16.5. The molecule has 88 valence electrons. The summed E-state index contributed by atoms with van der Waals surface area (Å²) in [5.41, 5.74) is 1.26. The van der Waals surface area contributed by atoms with Crippen molar-refractivity contribution in [2.45, 2.75) is 26.2 Å². The molecule has 0 bridgehead atoms. The van der Waals surface area contributed by atoms with Gasteiger partial charge in [-0.15, -0.1) is 0 Å². The van der Waals surface area contributed by atoms with Crippen LogP contribution in [-0.4, -0.2) is 19.7 Å². The lowest BCUT2D eigenvalue weighted by molar-refractivity contribution is -0.131. The van der Waals surface area contributed by atoms with Crippen molar-refractivity contribution < 1.29 is 14.3 Å². The molecule has 1 aromatic carbocycles. The Morgan fingerprint density at radius 2 is 1.88 bits per heavy atom. The molecule has 0 spiro atoms. The van der Waals surface area contributed by atoms with E-state index in [1.165, 1.54) is 12.5 Å². The van der Waals surface area contributed by atoms with Crippen LogP contribution >= 0.6 is 0 Å². The van der Waals surface area contributed by atoms with Crippen molar-refractivity contribution in [2.75, 3.05) is 13.7 Å². The summed E-state index contributed by atoms with van der Waals surface area (Å²) >= 11 is 0. The first kappa shape index (κ1) is 12.7. The Balaban J connectivity index is 2.36. The van der Waals surface area contributed by atoms with Crippen molar-refractivity contribution in [3.05, 3.63) is 29.8 Å². The molecule has 0 aromatic heterocycles. The van der Waals surface area contributed by atoms with Crippen LogP contribution in [0, 0.1) is 0 Å². The van der Waals surface area contributed by atoms with Crippen LogP contribution in [0.3, 0.4) is 0 Å². The third kappa shape index (κ3) is 4.94. The minimum atomic E-state index is -0.284. The van der Waals surface area contributed by atoms with E-state index in [1.54, 1.807) is 7.11 Å². The number of carbonyl (C=O) groups is 1. The average Bonchev–Trinajstić information content (AvgIpc) is 2.26. The minimum absolute atomic E-state index is 0.284. The van der Waals surface area contributed by atoms with Crippen molar-refractivity contribution in [1.82, 2.24) is 0 Å². The van der Waals surface area contributed by atoms with E-state index in [0.29, 0.717) is 5.75 Å². The summed E-state index contributed by atoms with van der Waals surface area (Å²) in [5, 5.41) is 0. The number of methoxy groups -OCH3 is 1. The summed E-state index contributed by atoms with van der Waals surface area (Å²) in [5.74, 6) is 0.320. The Morgan fingerprint density at radius 3 is 2.44 bits per heavy atom. The van der Waals surface area contributed by atoms with Crippen molar-refractivity contribution in [1.29, 1.82) is 0 Å². The second kappa shape index (κ2) is 7.01. The van der Waals surface area contributed by atoms with Gasteiger partial charge in [0.05, 0.1) is 0 Å². The molecule has 16 heavy (non-hydrogen) atoms. The largest absolute Gasteiger partial charge is 0.427 e. The van der Waals surface area contributed by atoms with E-state index in [2.05, 4.69) is 0 Å². The molecular formula is C13H18O3. The molecule has 0 N–H and O–H groups in total. The maximum Gasteiger partial charge on any atom is 0.308 e. The summed E-state index contributed by atoms with van der Waals surface area (Å²) in [6.07, 6.45) is 3.21. The Kier molecular flexibility index (Phi) is 5.57. The summed E-state index contributed by atoms with van der Waals surface area (Å²) in [7, 11) is 1.72. The van der Waals surface area contributed by atoms with Gasteiger partial charge >= 0.3 is 5.97 Å². The van der Waals surface area contributed by atoms with E-state index in [4.69, 9.17) is 9.47 Å². The first-order valence-corrected chi connectivity index (χ1v) is 5.48. The molecule has 0 atom stereocenters. The zero-order chi connectivity index (χ0) is 11.8. The van der Waals surface area contributed by atoms with Crippen molar-refractivity contribution in [3.8, 4) is 5.75 Å². The Labute approximate surface area is 96.4 Å². The van der Waals surface area contributed by atoms with Gasteiger partial charge in [-0.2, -0.15) is 0 Å². The highest BCUT2D eigenvalue weighted by molar-refractivity contribution is 5.69. The van der Waals surface area contributed by atoms with Crippen molar-refractivity contribution in [3.63, 3.8) is 0 Å². The van der Waals surface area contributed by atoms with Gasteiger partial charge in [-0.1, -0.05) is 12.1 Å². The fourth-order valence-corrected chi connectivity index (χ4v) is 1.47.